The number of ether oxygens (including phenoxy) is 5. The number of cyclic esters (lactones) is 1. The molecular weight excluding hydrogens is 718 g/mol. The van der Waals surface area contributed by atoms with Gasteiger partial charge in [-0.2, -0.15) is 0 Å². The van der Waals surface area contributed by atoms with E-state index in [1.165, 1.54) is 4.90 Å². The number of methoxy groups -OCH3 is 3. The molecule has 0 radical (unpaired) electrons. The first-order valence-electron chi connectivity index (χ1n) is 21.2. The maximum atomic E-state index is 14.3. The highest BCUT2D eigenvalue weighted by molar-refractivity contribution is 6.39. The zero-order chi connectivity index (χ0) is 41.3. The summed E-state index contributed by atoms with van der Waals surface area (Å²) in [5.41, 5.74) is 1.78. The van der Waals surface area contributed by atoms with E-state index in [2.05, 4.69) is 13.0 Å². The molecule has 12 nitrogen and oxygen atoms in total. The van der Waals surface area contributed by atoms with E-state index in [-0.39, 0.29) is 49.5 Å². The largest absolute Gasteiger partial charge is 0.456 e. The second-order valence-electron chi connectivity index (χ2n) is 17.4. The van der Waals surface area contributed by atoms with Crippen molar-refractivity contribution in [3.05, 3.63) is 23.3 Å². The molecule has 1 aliphatic carbocycles. The summed E-state index contributed by atoms with van der Waals surface area (Å²) in [5, 5.41) is 23.8. The summed E-state index contributed by atoms with van der Waals surface area (Å²) in [6.07, 6.45) is 8.10. The summed E-state index contributed by atoms with van der Waals surface area (Å²) >= 11 is 0. The fourth-order valence-corrected chi connectivity index (χ4v) is 9.60. The van der Waals surface area contributed by atoms with Crippen LogP contribution < -0.4 is 0 Å². The smallest absolute Gasteiger partial charge is 0.329 e. The highest BCUT2D eigenvalue weighted by Crippen LogP contribution is 2.39. The van der Waals surface area contributed by atoms with Crippen LogP contribution in [-0.4, -0.2) is 115 Å². The van der Waals surface area contributed by atoms with Crippen LogP contribution >= 0.6 is 0 Å². The van der Waals surface area contributed by atoms with Gasteiger partial charge in [-0.25, -0.2) is 4.79 Å². The highest BCUT2D eigenvalue weighted by Gasteiger charge is 2.56. The number of piperidine rings is 1. The first-order chi connectivity index (χ1) is 26.6. The summed E-state index contributed by atoms with van der Waals surface area (Å²) in [6, 6.07) is -1.09. The maximum absolute atomic E-state index is 14.3. The number of hydrogen-bond donors (Lipinski definition) is 2. The number of carbonyl (C=O) groups is 4. The molecule has 0 aromatic rings. The molecule has 12 heteroatoms. The van der Waals surface area contributed by atoms with Crippen LogP contribution in [0, 0.1) is 29.6 Å². The predicted molar refractivity (Wildman–Crippen MR) is 211 cm³/mol. The summed E-state index contributed by atoms with van der Waals surface area (Å²) in [4.78, 5) is 57.9. The van der Waals surface area contributed by atoms with Gasteiger partial charge in [-0.05, 0) is 95.5 Å². The van der Waals surface area contributed by atoms with E-state index in [1.54, 1.807) is 35.2 Å². The van der Waals surface area contributed by atoms with Crippen LogP contribution in [0.15, 0.2) is 23.3 Å². The molecule has 2 N–H and O–H groups in total. The molecule has 13 unspecified atom stereocenters. The van der Waals surface area contributed by atoms with Crippen LogP contribution in [0.2, 0.25) is 0 Å². The summed E-state index contributed by atoms with van der Waals surface area (Å²) < 4.78 is 30.0. The van der Waals surface area contributed by atoms with Crippen molar-refractivity contribution in [2.24, 2.45) is 29.6 Å². The fourth-order valence-electron chi connectivity index (χ4n) is 9.60. The standard InChI is InChI=1S/C44H71NO11/c1-10-14-32-20-26(2)19-27(3)21-37(53-8)40-38(54-9)23-29(5)44(51,56-40)41(48)42(49)45-18-12-11-17-34(45)43(50)55-39(30(6)35(46)25-36(32)47)28(4)22-31-15-13-16-33(24-31)52-7/h20,22,27,29-35,37-40,46,51H,10-19,21,23-25H2,1-9H3. The Morgan fingerprint density at radius 2 is 1.64 bits per heavy atom. The lowest BCUT2D eigenvalue weighted by Gasteiger charge is -2.47. The van der Waals surface area contributed by atoms with Crippen molar-refractivity contribution in [1.29, 1.82) is 0 Å². The highest BCUT2D eigenvalue weighted by atomic mass is 16.7. The minimum Gasteiger partial charge on any atom is -0.456 e. The molecule has 0 aromatic carbocycles. The van der Waals surface area contributed by atoms with E-state index in [4.69, 9.17) is 23.7 Å². The van der Waals surface area contributed by atoms with Crippen LogP contribution in [0.25, 0.3) is 0 Å². The Labute approximate surface area is 335 Å². The lowest BCUT2D eigenvalue weighted by atomic mass is 9.82. The molecule has 3 aliphatic heterocycles. The zero-order valence-corrected chi connectivity index (χ0v) is 35.5. The van der Waals surface area contributed by atoms with Gasteiger partial charge < -0.3 is 38.8 Å². The van der Waals surface area contributed by atoms with Crippen LogP contribution in [0.3, 0.4) is 0 Å². The Balaban J connectivity index is 1.77. The molecular formula is C44H71NO11. The third-order valence-corrected chi connectivity index (χ3v) is 13.0. The van der Waals surface area contributed by atoms with Gasteiger partial charge >= 0.3 is 5.97 Å². The zero-order valence-electron chi connectivity index (χ0n) is 35.5. The van der Waals surface area contributed by atoms with Gasteiger partial charge in [-0.1, -0.05) is 58.3 Å². The van der Waals surface area contributed by atoms with E-state index in [1.807, 2.05) is 26.8 Å². The number of rotatable bonds is 7. The van der Waals surface area contributed by atoms with Crippen molar-refractivity contribution in [1.82, 2.24) is 4.90 Å². The average molecular weight is 790 g/mol. The van der Waals surface area contributed by atoms with E-state index < -0.39 is 77.8 Å². The minimum atomic E-state index is -2.48. The molecule has 1 amide bonds. The van der Waals surface area contributed by atoms with Crippen molar-refractivity contribution in [3.8, 4) is 0 Å². The summed E-state index contributed by atoms with van der Waals surface area (Å²) in [5.74, 6) is -7.03. The maximum Gasteiger partial charge on any atom is 0.329 e. The first kappa shape index (κ1) is 46.2. The number of esters is 1. The lowest BCUT2D eigenvalue weighted by molar-refractivity contribution is -0.302. The number of aliphatic hydroxyl groups is 2. The van der Waals surface area contributed by atoms with Crippen LogP contribution in [0.4, 0.5) is 0 Å². The second-order valence-corrected chi connectivity index (χ2v) is 17.4. The Morgan fingerprint density at radius 3 is 2.30 bits per heavy atom. The first-order valence-corrected chi connectivity index (χ1v) is 21.2. The molecule has 3 heterocycles. The number of ketones is 2. The number of fused-ring (bicyclic) bond motifs is 3. The quantitative estimate of drug-likeness (QED) is 0.180. The van der Waals surface area contributed by atoms with Crippen molar-refractivity contribution in [2.45, 2.75) is 173 Å². The molecule has 4 aliphatic rings. The number of hydrogen-bond acceptors (Lipinski definition) is 11. The second kappa shape index (κ2) is 21.0. The van der Waals surface area contributed by atoms with Crippen LogP contribution in [0.1, 0.15) is 125 Å². The molecule has 1 saturated carbocycles. The molecule has 56 heavy (non-hydrogen) atoms. The Hall–Kier alpha value is -2.48. The third-order valence-electron chi connectivity index (χ3n) is 13.0. The van der Waals surface area contributed by atoms with Crippen LogP contribution in [0.5, 0.6) is 0 Å². The van der Waals surface area contributed by atoms with Gasteiger partial charge in [0.05, 0.1) is 24.4 Å². The van der Waals surface area contributed by atoms with Crippen molar-refractivity contribution in [2.75, 3.05) is 27.9 Å². The molecule has 4 rings (SSSR count). The molecule has 0 aromatic heterocycles. The Kier molecular flexibility index (Phi) is 17.3. The SMILES string of the molecule is CCCC1C=C(C)CC(C)CC(OC)C2OC(O)(C(=O)C(=O)N3CCCCC3C(=O)OC(C(C)=CC3CCCC(OC)C3)C(C)C(O)CC1=O)C(C)CC2OC. The number of aliphatic hydroxyl groups excluding tert-OH is 1. The number of allylic oxidation sites excluding steroid dienone is 3. The minimum absolute atomic E-state index is 0.0512. The fraction of sp³-hybridized carbons (Fsp3) is 0.818. The van der Waals surface area contributed by atoms with E-state index >= 15 is 0 Å². The Bertz CT molecular complexity index is 1410. The number of amides is 1. The average Bonchev–Trinajstić information content (AvgIpc) is 3.18. The molecule has 2 bridgehead atoms. The van der Waals surface area contributed by atoms with Gasteiger partial charge in [-0.15, -0.1) is 0 Å². The predicted octanol–water partition coefficient (Wildman–Crippen LogP) is 5.89. The molecule has 3 fully saturated rings. The lowest BCUT2D eigenvalue weighted by Crippen LogP contribution is -2.64. The molecule has 0 spiro atoms. The molecule has 13 atom stereocenters. The van der Waals surface area contributed by atoms with Gasteiger partial charge in [0, 0.05) is 52.0 Å². The normalized spacial score (nSPS) is 39.3. The van der Waals surface area contributed by atoms with E-state index in [0.29, 0.717) is 32.1 Å². The van der Waals surface area contributed by atoms with Gasteiger partial charge in [-0.3, -0.25) is 14.4 Å². The number of nitrogens with zero attached hydrogens (tertiary/aromatic N) is 1. The summed E-state index contributed by atoms with van der Waals surface area (Å²) in [7, 11) is 4.81. The molecule has 2 saturated heterocycles. The van der Waals surface area contributed by atoms with E-state index in [0.717, 1.165) is 43.3 Å². The monoisotopic (exact) mass is 790 g/mol. The van der Waals surface area contributed by atoms with Crippen LogP contribution in [-0.2, 0) is 42.9 Å². The van der Waals surface area contributed by atoms with Gasteiger partial charge in [0.15, 0.2) is 0 Å². The van der Waals surface area contributed by atoms with Crippen molar-refractivity contribution in [3.63, 3.8) is 0 Å². The van der Waals surface area contributed by atoms with Gasteiger partial charge in [0.25, 0.3) is 11.7 Å². The van der Waals surface area contributed by atoms with Crippen molar-refractivity contribution < 1.29 is 53.1 Å². The molecule has 318 valence electrons. The number of carbonyl (C=O) groups excluding carboxylic acids is 4. The van der Waals surface area contributed by atoms with E-state index in [9.17, 15) is 29.4 Å². The summed E-state index contributed by atoms with van der Waals surface area (Å²) in [6.45, 7) is 11.6. The number of Topliss-reactive ketones (excluding diaryl/α,β-unsaturated/α-hetero) is 2. The topological polar surface area (TPSA) is 158 Å². The van der Waals surface area contributed by atoms with Gasteiger partial charge in [0.2, 0.25) is 5.79 Å². The van der Waals surface area contributed by atoms with Crippen molar-refractivity contribution >= 4 is 23.4 Å². The van der Waals surface area contributed by atoms with Gasteiger partial charge in [0.1, 0.15) is 24.0 Å². The third kappa shape index (κ3) is 11.2. The Morgan fingerprint density at radius 1 is 0.946 bits per heavy atom.